The summed E-state index contributed by atoms with van der Waals surface area (Å²) >= 11 is 0. The van der Waals surface area contributed by atoms with E-state index >= 15 is 0 Å². The van der Waals surface area contributed by atoms with Crippen LogP contribution in [-0.2, 0) is 4.79 Å². The molecule has 0 bridgehead atoms. The number of fused-ring (bicyclic) bond motifs is 5. The first kappa shape index (κ1) is 17.8. The molecule has 0 spiro atoms. The number of rotatable bonds is 2. The highest BCUT2D eigenvalue weighted by molar-refractivity contribution is 5.77. The zero-order chi connectivity index (χ0) is 18.0. The third-order valence-corrected chi connectivity index (χ3v) is 9.69. The van der Waals surface area contributed by atoms with E-state index in [0.29, 0.717) is 28.7 Å². The van der Waals surface area contributed by atoms with Crippen LogP contribution in [0.3, 0.4) is 0 Å². The van der Waals surface area contributed by atoms with E-state index < -0.39 is 0 Å². The Morgan fingerprint density at radius 2 is 1.80 bits per heavy atom. The molecule has 3 aliphatic carbocycles. The Bertz CT molecular complexity index is 548. The van der Waals surface area contributed by atoms with E-state index in [2.05, 4.69) is 32.7 Å². The minimum Gasteiger partial charge on any atom is -0.342 e. The van der Waals surface area contributed by atoms with Gasteiger partial charge in [0.25, 0.3) is 0 Å². The predicted octanol–water partition coefficient (Wildman–Crippen LogP) is 4.06. The SMILES string of the molecule is CC(CN)[C@H]1CC[C@H]2[C@@H]3CC[C@H]4N(C)C(=O)CC[C@]4(C)[C@H]3CC[C@]12C. The summed E-state index contributed by atoms with van der Waals surface area (Å²) in [5.41, 5.74) is 6.93. The van der Waals surface area contributed by atoms with Crippen molar-refractivity contribution in [2.75, 3.05) is 13.6 Å². The van der Waals surface area contributed by atoms with Gasteiger partial charge in [-0.15, -0.1) is 0 Å². The summed E-state index contributed by atoms with van der Waals surface area (Å²) in [6.07, 6.45) is 10.0. The van der Waals surface area contributed by atoms with Crippen molar-refractivity contribution in [1.82, 2.24) is 4.90 Å². The van der Waals surface area contributed by atoms with Crippen LogP contribution in [0.2, 0.25) is 0 Å². The molecule has 4 fully saturated rings. The van der Waals surface area contributed by atoms with Crippen molar-refractivity contribution >= 4 is 5.91 Å². The van der Waals surface area contributed by atoms with Crippen molar-refractivity contribution in [3.05, 3.63) is 0 Å². The second-order valence-electron chi connectivity index (χ2n) is 10.4. The zero-order valence-corrected chi connectivity index (χ0v) is 16.8. The molecule has 142 valence electrons. The van der Waals surface area contributed by atoms with Crippen LogP contribution in [-0.4, -0.2) is 30.4 Å². The zero-order valence-electron chi connectivity index (χ0n) is 16.8. The first-order chi connectivity index (χ1) is 11.8. The Labute approximate surface area is 154 Å². The highest BCUT2D eigenvalue weighted by Gasteiger charge is 2.61. The number of amides is 1. The smallest absolute Gasteiger partial charge is 0.222 e. The predicted molar refractivity (Wildman–Crippen MR) is 102 cm³/mol. The van der Waals surface area contributed by atoms with E-state index in [1.165, 1.54) is 38.5 Å². The second kappa shape index (κ2) is 5.97. The Morgan fingerprint density at radius 3 is 2.52 bits per heavy atom. The van der Waals surface area contributed by atoms with Gasteiger partial charge in [0.15, 0.2) is 0 Å². The number of piperidine rings is 1. The fraction of sp³-hybridized carbons (Fsp3) is 0.955. The van der Waals surface area contributed by atoms with Gasteiger partial charge in [-0.1, -0.05) is 20.8 Å². The van der Waals surface area contributed by atoms with Crippen LogP contribution >= 0.6 is 0 Å². The number of hydrogen-bond donors (Lipinski definition) is 1. The fourth-order valence-corrected chi connectivity index (χ4v) is 8.29. The average molecular weight is 347 g/mol. The lowest BCUT2D eigenvalue weighted by Crippen LogP contribution is -2.61. The topological polar surface area (TPSA) is 46.3 Å². The van der Waals surface area contributed by atoms with Gasteiger partial charge in [-0.3, -0.25) is 4.79 Å². The molecule has 4 rings (SSSR count). The van der Waals surface area contributed by atoms with Crippen molar-refractivity contribution in [3.8, 4) is 0 Å². The van der Waals surface area contributed by atoms with E-state index in [1.54, 1.807) is 0 Å². The van der Waals surface area contributed by atoms with E-state index in [9.17, 15) is 4.79 Å². The maximum absolute atomic E-state index is 12.2. The molecule has 1 aliphatic heterocycles. The second-order valence-corrected chi connectivity index (χ2v) is 10.4. The van der Waals surface area contributed by atoms with Gasteiger partial charge in [0, 0.05) is 19.5 Å². The van der Waals surface area contributed by atoms with Gasteiger partial charge in [-0.05, 0) is 91.9 Å². The Morgan fingerprint density at radius 1 is 1.08 bits per heavy atom. The summed E-state index contributed by atoms with van der Waals surface area (Å²) in [7, 11) is 2.06. The van der Waals surface area contributed by atoms with Crippen LogP contribution < -0.4 is 5.73 Å². The summed E-state index contributed by atoms with van der Waals surface area (Å²) < 4.78 is 0. The highest BCUT2D eigenvalue weighted by atomic mass is 16.2. The monoisotopic (exact) mass is 346 g/mol. The summed E-state index contributed by atoms with van der Waals surface area (Å²) in [6.45, 7) is 8.34. The minimum atomic E-state index is 0.352. The lowest BCUT2D eigenvalue weighted by atomic mass is 9.46. The number of hydrogen-bond acceptors (Lipinski definition) is 2. The Balaban J connectivity index is 1.61. The molecule has 1 saturated heterocycles. The van der Waals surface area contributed by atoms with E-state index in [4.69, 9.17) is 5.73 Å². The fourth-order valence-electron chi connectivity index (χ4n) is 8.29. The molecule has 2 N–H and O–H groups in total. The third kappa shape index (κ3) is 2.37. The molecule has 0 aromatic rings. The van der Waals surface area contributed by atoms with Crippen molar-refractivity contribution in [3.63, 3.8) is 0 Å². The molecule has 3 nitrogen and oxygen atoms in total. The van der Waals surface area contributed by atoms with Gasteiger partial charge in [-0.25, -0.2) is 0 Å². The van der Waals surface area contributed by atoms with Crippen LogP contribution in [0.4, 0.5) is 0 Å². The van der Waals surface area contributed by atoms with Gasteiger partial charge in [0.2, 0.25) is 5.91 Å². The molecule has 3 heteroatoms. The van der Waals surface area contributed by atoms with Crippen molar-refractivity contribution in [1.29, 1.82) is 0 Å². The highest BCUT2D eigenvalue weighted by Crippen LogP contribution is 2.66. The lowest BCUT2D eigenvalue weighted by Gasteiger charge is -2.62. The molecule has 4 aliphatic rings. The van der Waals surface area contributed by atoms with Gasteiger partial charge in [-0.2, -0.15) is 0 Å². The third-order valence-electron chi connectivity index (χ3n) is 9.69. The molecular formula is C22H38N2O. The van der Waals surface area contributed by atoms with Crippen LogP contribution in [0.5, 0.6) is 0 Å². The van der Waals surface area contributed by atoms with E-state index in [-0.39, 0.29) is 0 Å². The molecule has 1 amide bonds. The minimum absolute atomic E-state index is 0.352. The maximum Gasteiger partial charge on any atom is 0.222 e. The van der Waals surface area contributed by atoms with Crippen LogP contribution in [0, 0.1) is 40.4 Å². The summed E-state index contributed by atoms with van der Waals surface area (Å²) in [6, 6.07) is 0.486. The van der Waals surface area contributed by atoms with Crippen LogP contribution in [0.15, 0.2) is 0 Å². The van der Waals surface area contributed by atoms with Crippen LogP contribution in [0.1, 0.15) is 72.1 Å². The largest absolute Gasteiger partial charge is 0.342 e. The van der Waals surface area contributed by atoms with E-state index in [0.717, 1.165) is 43.1 Å². The Kier molecular flexibility index (Phi) is 4.26. The molecular weight excluding hydrogens is 308 g/mol. The number of carbonyl (C=O) groups is 1. The molecule has 8 atom stereocenters. The normalized spacial score (nSPS) is 50.8. The molecule has 1 unspecified atom stereocenters. The average Bonchev–Trinajstić information content (AvgIpc) is 2.95. The summed E-state index contributed by atoms with van der Waals surface area (Å²) in [5.74, 6) is 4.47. The molecule has 25 heavy (non-hydrogen) atoms. The van der Waals surface area contributed by atoms with E-state index in [1.807, 2.05) is 0 Å². The molecule has 0 aromatic carbocycles. The number of carbonyl (C=O) groups excluding carboxylic acids is 1. The van der Waals surface area contributed by atoms with Gasteiger partial charge in [0.05, 0.1) is 0 Å². The number of likely N-dealkylation sites (tertiary alicyclic amines) is 1. The number of nitrogens with two attached hydrogens (primary N) is 1. The summed E-state index contributed by atoms with van der Waals surface area (Å²) in [5, 5.41) is 0. The number of nitrogens with zero attached hydrogens (tertiary/aromatic N) is 1. The van der Waals surface area contributed by atoms with Crippen molar-refractivity contribution < 1.29 is 4.79 Å². The molecule has 1 heterocycles. The maximum atomic E-state index is 12.2. The van der Waals surface area contributed by atoms with Crippen molar-refractivity contribution in [2.24, 2.45) is 46.2 Å². The van der Waals surface area contributed by atoms with Gasteiger partial charge >= 0.3 is 0 Å². The Hall–Kier alpha value is -0.570. The summed E-state index contributed by atoms with van der Waals surface area (Å²) in [4.78, 5) is 14.4. The molecule has 0 radical (unpaired) electrons. The molecule has 0 aromatic heterocycles. The first-order valence-corrected chi connectivity index (χ1v) is 10.8. The van der Waals surface area contributed by atoms with Gasteiger partial charge in [0.1, 0.15) is 0 Å². The van der Waals surface area contributed by atoms with Crippen LogP contribution in [0.25, 0.3) is 0 Å². The standard InChI is InChI=1S/C22H38N2O/c1-14(13-23)16-6-7-17-15-5-8-19-22(3,12-10-20(25)24(19)4)18(15)9-11-21(16,17)2/h14-19H,5-13,23H2,1-4H3/t14?,15-,16+,17-,18-,19+,21+,22+/m0/s1. The van der Waals surface area contributed by atoms with Crippen molar-refractivity contribution in [2.45, 2.75) is 78.2 Å². The molecule has 3 saturated carbocycles. The van der Waals surface area contributed by atoms with Gasteiger partial charge < -0.3 is 10.6 Å². The first-order valence-electron chi connectivity index (χ1n) is 10.8. The lowest BCUT2D eigenvalue weighted by molar-refractivity contribution is -0.158. The quantitative estimate of drug-likeness (QED) is 0.819.